The van der Waals surface area contributed by atoms with Gasteiger partial charge < -0.3 is 15.5 Å². The van der Waals surface area contributed by atoms with Gasteiger partial charge in [0, 0.05) is 0 Å². The molecule has 0 aromatic heterocycles. The predicted molar refractivity (Wildman–Crippen MR) is 79.9 cm³/mol. The molecule has 0 heterocycles. The van der Waals surface area contributed by atoms with Crippen LogP contribution in [0.25, 0.3) is 0 Å². The van der Waals surface area contributed by atoms with Gasteiger partial charge in [-0.25, -0.2) is 0 Å². The van der Waals surface area contributed by atoms with E-state index >= 15 is 0 Å². The summed E-state index contributed by atoms with van der Waals surface area (Å²) in [6.07, 6.45) is 6.95. The predicted octanol–water partition coefficient (Wildman–Crippen LogP) is 3.37. The van der Waals surface area contributed by atoms with Gasteiger partial charge in [-0.1, -0.05) is 13.8 Å². The Labute approximate surface area is 116 Å². The second kappa shape index (κ2) is 8.81. The van der Waals surface area contributed by atoms with Crippen LogP contribution in [0, 0.1) is 0 Å². The molecule has 0 unspecified atom stereocenters. The minimum absolute atomic E-state index is 0.00986. The average Bonchev–Trinajstić information content (AvgIpc) is 2.41. The highest BCUT2D eigenvalue weighted by molar-refractivity contribution is 5.46. The van der Waals surface area contributed by atoms with E-state index in [0.29, 0.717) is 0 Å². The van der Waals surface area contributed by atoms with Crippen LogP contribution in [0.15, 0.2) is 12.1 Å². The van der Waals surface area contributed by atoms with Crippen LogP contribution in [-0.2, 0) is 12.8 Å². The number of nitrogens with one attached hydrogen (secondary N) is 1. The van der Waals surface area contributed by atoms with Crippen LogP contribution in [0.5, 0.6) is 11.5 Å². The minimum Gasteiger partial charge on any atom is -0.504 e. The van der Waals surface area contributed by atoms with Gasteiger partial charge in [0.25, 0.3) is 0 Å². The number of phenolic OH excluding ortho intramolecular Hbond substituents is 2. The molecule has 0 atom stereocenters. The number of rotatable bonds is 4. The van der Waals surface area contributed by atoms with Gasteiger partial charge in [-0.3, -0.25) is 0 Å². The third-order valence-electron chi connectivity index (χ3n) is 3.29. The SMILES string of the molecule is CCCNCCC.Oc1cc2c(cc1O)CCCC2. The lowest BCUT2D eigenvalue weighted by Gasteiger charge is -2.15. The fraction of sp³-hybridized carbons (Fsp3) is 0.625. The van der Waals surface area contributed by atoms with Crippen LogP contribution in [-0.4, -0.2) is 23.3 Å². The fourth-order valence-corrected chi connectivity index (χ4v) is 2.24. The second-order valence-corrected chi connectivity index (χ2v) is 5.07. The summed E-state index contributed by atoms with van der Waals surface area (Å²) in [6.45, 7) is 6.72. The number of hydrogen-bond donors (Lipinski definition) is 3. The molecule has 108 valence electrons. The van der Waals surface area contributed by atoms with Gasteiger partial charge in [0.15, 0.2) is 11.5 Å². The van der Waals surface area contributed by atoms with Crippen LogP contribution in [0.2, 0.25) is 0 Å². The van der Waals surface area contributed by atoms with Crippen molar-refractivity contribution in [2.24, 2.45) is 0 Å². The van der Waals surface area contributed by atoms with Crippen molar-refractivity contribution in [2.75, 3.05) is 13.1 Å². The Morgan fingerprint density at radius 2 is 1.32 bits per heavy atom. The molecule has 0 saturated heterocycles. The normalized spacial score (nSPS) is 13.4. The first-order chi connectivity index (χ1) is 9.19. The van der Waals surface area contributed by atoms with Crippen molar-refractivity contribution in [3.05, 3.63) is 23.3 Å². The lowest BCUT2D eigenvalue weighted by molar-refractivity contribution is 0.401. The zero-order valence-electron chi connectivity index (χ0n) is 12.2. The van der Waals surface area contributed by atoms with Crippen LogP contribution >= 0.6 is 0 Å². The molecule has 1 aromatic carbocycles. The van der Waals surface area contributed by atoms with Crippen molar-refractivity contribution in [3.8, 4) is 11.5 Å². The van der Waals surface area contributed by atoms with E-state index in [1.54, 1.807) is 12.1 Å². The van der Waals surface area contributed by atoms with Crippen molar-refractivity contribution in [2.45, 2.75) is 52.4 Å². The highest BCUT2D eigenvalue weighted by Crippen LogP contribution is 2.32. The van der Waals surface area contributed by atoms with Gasteiger partial charge >= 0.3 is 0 Å². The summed E-state index contributed by atoms with van der Waals surface area (Å²) in [6, 6.07) is 3.37. The van der Waals surface area contributed by atoms with E-state index < -0.39 is 0 Å². The molecule has 0 radical (unpaired) electrons. The van der Waals surface area contributed by atoms with Crippen molar-refractivity contribution in [3.63, 3.8) is 0 Å². The monoisotopic (exact) mass is 265 g/mol. The standard InChI is InChI=1S/C10H12O2.C6H15N/c11-9-5-7-3-1-2-4-8(7)6-10(9)12;1-3-5-7-6-4-2/h5-6,11-12H,1-4H2;7H,3-6H2,1-2H3. The summed E-state index contributed by atoms with van der Waals surface area (Å²) in [4.78, 5) is 0. The number of aromatic hydroxyl groups is 2. The molecule has 3 heteroatoms. The largest absolute Gasteiger partial charge is 0.504 e. The van der Waals surface area contributed by atoms with Crippen molar-refractivity contribution in [1.29, 1.82) is 0 Å². The number of hydrogen-bond acceptors (Lipinski definition) is 3. The first kappa shape index (κ1) is 15.8. The van der Waals surface area contributed by atoms with Gasteiger partial charge in [0.2, 0.25) is 0 Å². The number of aryl methyl sites for hydroxylation is 2. The number of phenols is 2. The van der Waals surface area contributed by atoms with Crippen LogP contribution in [0.3, 0.4) is 0 Å². The summed E-state index contributed by atoms with van der Waals surface area (Å²) < 4.78 is 0. The Morgan fingerprint density at radius 3 is 1.68 bits per heavy atom. The quantitative estimate of drug-likeness (QED) is 0.578. The van der Waals surface area contributed by atoms with E-state index in [4.69, 9.17) is 0 Å². The molecule has 1 aliphatic carbocycles. The molecule has 0 fully saturated rings. The Kier molecular flexibility index (Phi) is 7.34. The minimum atomic E-state index is 0.00986. The molecule has 0 saturated carbocycles. The van der Waals surface area contributed by atoms with Gasteiger partial charge in [-0.15, -0.1) is 0 Å². The molecule has 3 nitrogen and oxygen atoms in total. The lowest BCUT2D eigenvalue weighted by atomic mass is 9.91. The van der Waals surface area contributed by atoms with Crippen molar-refractivity contribution < 1.29 is 10.2 Å². The molecular weight excluding hydrogens is 238 g/mol. The highest BCUT2D eigenvalue weighted by Gasteiger charge is 2.11. The Bertz CT molecular complexity index is 342. The Hall–Kier alpha value is -1.22. The molecule has 1 aliphatic rings. The third kappa shape index (κ3) is 5.52. The average molecular weight is 265 g/mol. The molecule has 0 aliphatic heterocycles. The van der Waals surface area contributed by atoms with Crippen LogP contribution in [0.1, 0.15) is 50.7 Å². The zero-order valence-corrected chi connectivity index (χ0v) is 12.2. The maximum absolute atomic E-state index is 9.23. The smallest absolute Gasteiger partial charge is 0.157 e. The summed E-state index contributed by atoms with van der Waals surface area (Å²) in [7, 11) is 0. The van der Waals surface area contributed by atoms with E-state index in [2.05, 4.69) is 19.2 Å². The molecule has 1 aromatic rings. The molecular formula is C16H27NO2. The second-order valence-electron chi connectivity index (χ2n) is 5.07. The topological polar surface area (TPSA) is 52.5 Å². The summed E-state index contributed by atoms with van der Waals surface area (Å²) >= 11 is 0. The first-order valence-electron chi connectivity index (χ1n) is 7.43. The third-order valence-corrected chi connectivity index (χ3v) is 3.29. The highest BCUT2D eigenvalue weighted by atomic mass is 16.3. The zero-order chi connectivity index (χ0) is 14.1. The molecule has 2 rings (SSSR count). The lowest BCUT2D eigenvalue weighted by Crippen LogP contribution is -2.14. The van der Waals surface area contributed by atoms with E-state index in [9.17, 15) is 10.2 Å². The Balaban J connectivity index is 0.000000224. The van der Waals surface area contributed by atoms with E-state index in [1.807, 2.05) is 0 Å². The molecule has 0 amide bonds. The number of benzene rings is 1. The Morgan fingerprint density at radius 1 is 0.895 bits per heavy atom. The van der Waals surface area contributed by atoms with Gasteiger partial charge in [0.05, 0.1) is 0 Å². The van der Waals surface area contributed by atoms with Gasteiger partial charge in [-0.05, 0) is 74.9 Å². The molecule has 0 bridgehead atoms. The fourth-order valence-electron chi connectivity index (χ4n) is 2.24. The first-order valence-corrected chi connectivity index (χ1v) is 7.43. The van der Waals surface area contributed by atoms with E-state index in [0.717, 1.165) is 12.8 Å². The van der Waals surface area contributed by atoms with Crippen molar-refractivity contribution >= 4 is 0 Å². The van der Waals surface area contributed by atoms with Crippen molar-refractivity contribution in [1.82, 2.24) is 5.32 Å². The van der Waals surface area contributed by atoms with Crippen LogP contribution < -0.4 is 5.32 Å². The van der Waals surface area contributed by atoms with E-state index in [1.165, 1.54) is 49.9 Å². The maximum atomic E-state index is 9.23. The number of fused-ring (bicyclic) bond motifs is 1. The maximum Gasteiger partial charge on any atom is 0.157 e. The van der Waals surface area contributed by atoms with E-state index in [-0.39, 0.29) is 11.5 Å². The van der Waals surface area contributed by atoms with Gasteiger partial charge in [-0.2, -0.15) is 0 Å². The molecule has 3 N–H and O–H groups in total. The van der Waals surface area contributed by atoms with Gasteiger partial charge in [0.1, 0.15) is 0 Å². The van der Waals surface area contributed by atoms with Crippen LogP contribution in [0.4, 0.5) is 0 Å². The summed E-state index contributed by atoms with van der Waals surface area (Å²) in [5.41, 5.74) is 2.38. The summed E-state index contributed by atoms with van der Waals surface area (Å²) in [5.74, 6) is 0.0197. The molecule has 19 heavy (non-hydrogen) atoms. The molecule has 0 spiro atoms. The summed E-state index contributed by atoms with van der Waals surface area (Å²) in [5, 5.41) is 21.7.